The summed E-state index contributed by atoms with van der Waals surface area (Å²) in [6.07, 6.45) is -13.7. The standard InChI is InChI=1S/C26H28F7NO7/c1-2-38-22(23(35)36)14-17-4-8-20(9-5-17)39-13-11-34(10-3-12-41-26(32,33)25(29,30)31)24(37)40-16-18-6-7-19(27)15-21(18)28/h4-9,15,22H,2-3,10-14,16H2,1H3,(H,35,36). The van der Waals surface area contributed by atoms with Crippen molar-refractivity contribution >= 4 is 12.1 Å². The van der Waals surface area contributed by atoms with E-state index >= 15 is 0 Å². The highest BCUT2D eigenvalue weighted by molar-refractivity contribution is 5.72. The summed E-state index contributed by atoms with van der Waals surface area (Å²) >= 11 is 0. The van der Waals surface area contributed by atoms with Crippen LogP contribution >= 0.6 is 0 Å². The number of rotatable bonds is 16. The van der Waals surface area contributed by atoms with Gasteiger partial charge in [0.25, 0.3) is 0 Å². The molecule has 1 N–H and O–H groups in total. The first-order chi connectivity index (χ1) is 19.2. The number of benzene rings is 2. The van der Waals surface area contributed by atoms with E-state index in [4.69, 9.17) is 14.2 Å². The van der Waals surface area contributed by atoms with Gasteiger partial charge in [0, 0.05) is 31.2 Å². The number of hydrogen-bond donors (Lipinski definition) is 1. The number of halogens is 7. The Morgan fingerprint density at radius 1 is 0.976 bits per heavy atom. The van der Waals surface area contributed by atoms with Crippen molar-refractivity contribution in [1.29, 1.82) is 0 Å². The topological polar surface area (TPSA) is 94.5 Å². The van der Waals surface area contributed by atoms with Gasteiger partial charge in [0.2, 0.25) is 0 Å². The molecule has 1 amide bonds. The quantitative estimate of drug-likeness (QED) is 0.199. The zero-order valence-electron chi connectivity index (χ0n) is 21.8. The monoisotopic (exact) mass is 599 g/mol. The summed E-state index contributed by atoms with van der Waals surface area (Å²) in [6, 6.07) is 8.85. The van der Waals surface area contributed by atoms with E-state index in [-0.39, 0.29) is 38.3 Å². The fourth-order valence-electron chi connectivity index (χ4n) is 3.33. The van der Waals surface area contributed by atoms with Crippen LogP contribution in [0.2, 0.25) is 0 Å². The molecule has 1 atom stereocenters. The molecule has 0 heterocycles. The van der Waals surface area contributed by atoms with Crippen LogP contribution in [0.15, 0.2) is 42.5 Å². The van der Waals surface area contributed by atoms with Crippen LogP contribution < -0.4 is 4.74 Å². The second-order valence-electron chi connectivity index (χ2n) is 8.47. The lowest BCUT2D eigenvalue weighted by atomic mass is 10.1. The van der Waals surface area contributed by atoms with Gasteiger partial charge in [-0.15, -0.1) is 0 Å². The maximum atomic E-state index is 13.8. The lowest BCUT2D eigenvalue weighted by Crippen LogP contribution is -2.40. The van der Waals surface area contributed by atoms with Crippen LogP contribution in [0.4, 0.5) is 35.5 Å². The molecule has 8 nitrogen and oxygen atoms in total. The number of carboxylic acid groups (broad SMARTS) is 1. The first kappa shape index (κ1) is 33.6. The third kappa shape index (κ3) is 11.1. The molecule has 0 fully saturated rings. The van der Waals surface area contributed by atoms with Gasteiger partial charge in [0.1, 0.15) is 30.6 Å². The summed E-state index contributed by atoms with van der Waals surface area (Å²) in [5.41, 5.74) is 0.491. The molecule has 0 aliphatic carbocycles. The molecule has 2 aromatic carbocycles. The van der Waals surface area contributed by atoms with E-state index in [9.17, 15) is 45.4 Å². The van der Waals surface area contributed by atoms with Gasteiger partial charge in [-0.2, -0.15) is 22.0 Å². The van der Waals surface area contributed by atoms with Crippen molar-refractivity contribution in [2.24, 2.45) is 0 Å². The molecule has 0 aliphatic heterocycles. The minimum absolute atomic E-state index is 0.104. The summed E-state index contributed by atoms with van der Waals surface area (Å²) in [7, 11) is 0. The molecule has 1 unspecified atom stereocenters. The van der Waals surface area contributed by atoms with Crippen LogP contribution in [0.1, 0.15) is 24.5 Å². The Morgan fingerprint density at radius 2 is 1.66 bits per heavy atom. The van der Waals surface area contributed by atoms with Crippen LogP contribution in [-0.2, 0) is 32.0 Å². The van der Waals surface area contributed by atoms with Crippen molar-refractivity contribution < 1.29 is 64.4 Å². The van der Waals surface area contributed by atoms with Gasteiger partial charge in [-0.3, -0.25) is 0 Å². The molecular formula is C26H28F7NO7. The number of amides is 1. The number of ether oxygens (including phenoxy) is 4. The molecule has 2 aromatic rings. The lowest BCUT2D eigenvalue weighted by Gasteiger charge is -2.23. The van der Waals surface area contributed by atoms with E-state index in [0.717, 1.165) is 17.0 Å². The van der Waals surface area contributed by atoms with Gasteiger partial charge in [-0.1, -0.05) is 12.1 Å². The van der Waals surface area contributed by atoms with Crippen molar-refractivity contribution in [3.05, 3.63) is 65.2 Å². The van der Waals surface area contributed by atoms with Gasteiger partial charge < -0.3 is 29.0 Å². The first-order valence-electron chi connectivity index (χ1n) is 12.2. The van der Waals surface area contributed by atoms with Crippen molar-refractivity contribution in [1.82, 2.24) is 4.90 Å². The number of alkyl halides is 5. The summed E-state index contributed by atoms with van der Waals surface area (Å²) in [4.78, 5) is 24.7. The van der Waals surface area contributed by atoms with Crippen molar-refractivity contribution in [2.75, 3.05) is 32.9 Å². The fraction of sp³-hybridized carbons (Fsp3) is 0.462. The van der Waals surface area contributed by atoms with Crippen LogP contribution in [0.3, 0.4) is 0 Å². The molecule has 0 aromatic heterocycles. The van der Waals surface area contributed by atoms with Gasteiger partial charge >= 0.3 is 24.3 Å². The number of carboxylic acids is 1. The lowest BCUT2D eigenvalue weighted by molar-refractivity contribution is -0.391. The summed E-state index contributed by atoms with van der Waals surface area (Å²) in [5, 5.41) is 9.19. The Morgan fingerprint density at radius 3 is 2.24 bits per heavy atom. The third-order valence-corrected chi connectivity index (χ3v) is 5.43. The van der Waals surface area contributed by atoms with E-state index in [1.54, 1.807) is 19.1 Å². The Labute approximate surface area is 230 Å². The molecule has 2 rings (SSSR count). The highest BCUT2D eigenvalue weighted by atomic mass is 19.4. The predicted molar refractivity (Wildman–Crippen MR) is 128 cm³/mol. The van der Waals surface area contributed by atoms with Gasteiger partial charge in [0.15, 0.2) is 6.10 Å². The van der Waals surface area contributed by atoms with Crippen LogP contribution in [0.5, 0.6) is 5.75 Å². The number of aliphatic carboxylic acids is 1. The molecular weight excluding hydrogens is 571 g/mol. The Hall–Kier alpha value is -3.59. The van der Waals surface area contributed by atoms with Gasteiger partial charge in [-0.25, -0.2) is 18.4 Å². The summed E-state index contributed by atoms with van der Waals surface area (Å²) in [6.45, 7) is -0.543. The molecule has 0 saturated heterocycles. The number of carbonyl (C=O) groups is 2. The van der Waals surface area contributed by atoms with Crippen LogP contribution in [0, 0.1) is 11.6 Å². The highest BCUT2D eigenvalue weighted by Crippen LogP contribution is 2.36. The molecule has 41 heavy (non-hydrogen) atoms. The minimum atomic E-state index is -5.91. The van der Waals surface area contributed by atoms with E-state index in [0.29, 0.717) is 17.4 Å². The second kappa shape index (κ2) is 15.4. The Balaban J connectivity index is 1.97. The first-order valence-corrected chi connectivity index (χ1v) is 12.2. The second-order valence-corrected chi connectivity index (χ2v) is 8.47. The van der Waals surface area contributed by atoms with Crippen molar-refractivity contribution in [3.8, 4) is 5.75 Å². The zero-order chi connectivity index (χ0) is 30.6. The van der Waals surface area contributed by atoms with Crippen molar-refractivity contribution in [3.63, 3.8) is 0 Å². The molecule has 0 radical (unpaired) electrons. The predicted octanol–water partition coefficient (Wildman–Crippen LogP) is 5.58. The fourth-order valence-corrected chi connectivity index (χ4v) is 3.33. The van der Waals surface area contributed by atoms with Gasteiger partial charge in [0.05, 0.1) is 13.2 Å². The summed E-state index contributed by atoms with van der Waals surface area (Å²) in [5.74, 6) is -2.62. The van der Waals surface area contributed by atoms with Crippen LogP contribution in [-0.4, -0.2) is 73.4 Å². The average Bonchev–Trinajstić information content (AvgIpc) is 2.89. The maximum absolute atomic E-state index is 13.8. The maximum Gasteiger partial charge on any atom is 0.482 e. The van der Waals surface area contributed by atoms with Crippen LogP contribution in [0.25, 0.3) is 0 Å². The number of nitrogens with zero attached hydrogens (tertiary/aromatic N) is 1. The average molecular weight is 599 g/mol. The largest absolute Gasteiger partial charge is 0.492 e. The van der Waals surface area contributed by atoms with E-state index in [1.165, 1.54) is 12.1 Å². The molecule has 0 bridgehead atoms. The third-order valence-electron chi connectivity index (χ3n) is 5.43. The van der Waals surface area contributed by atoms with E-state index in [1.807, 2.05) is 0 Å². The van der Waals surface area contributed by atoms with E-state index < -0.39 is 61.7 Å². The Kier molecular flexibility index (Phi) is 12.6. The molecule has 0 saturated carbocycles. The minimum Gasteiger partial charge on any atom is -0.492 e. The molecule has 0 aliphatic rings. The smallest absolute Gasteiger partial charge is 0.482 e. The van der Waals surface area contributed by atoms with Gasteiger partial charge in [-0.05, 0) is 43.2 Å². The SMILES string of the molecule is CCOC(Cc1ccc(OCCN(CCCOC(F)(F)C(F)(F)F)C(=O)OCc2ccc(F)cc2F)cc1)C(=O)O. The normalized spacial score (nSPS) is 12.6. The molecule has 228 valence electrons. The number of hydrogen-bond acceptors (Lipinski definition) is 6. The molecule has 0 spiro atoms. The number of carbonyl (C=O) groups excluding carboxylic acids is 1. The van der Waals surface area contributed by atoms with Crippen molar-refractivity contribution in [2.45, 2.75) is 44.8 Å². The summed E-state index contributed by atoms with van der Waals surface area (Å²) < 4.78 is 109. The molecule has 15 heteroatoms. The van der Waals surface area contributed by atoms with E-state index in [2.05, 4.69) is 4.74 Å². The Bertz CT molecular complexity index is 1130. The highest BCUT2D eigenvalue weighted by Gasteiger charge is 2.59. The zero-order valence-corrected chi connectivity index (χ0v) is 21.8.